The average Bonchev–Trinajstić information content (AvgIpc) is 2.75. The number of hydrogen-bond donors (Lipinski definition) is 0. The Morgan fingerprint density at radius 2 is 1.73 bits per heavy atom. The zero-order chi connectivity index (χ0) is 22.5. The number of sulfonamides is 1. The van der Waals surface area contributed by atoms with Crippen LogP contribution >= 0.6 is 0 Å². The zero-order valence-corrected chi connectivity index (χ0v) is 18.4. The van der Waals surface area contributed by atoms with Crippen LogP contribution in [0.15, 0.2) is 47.4 Å². The monoisotopic (exact) mass is 435 g/mol. The highest BCUT2D eigenvalue weighted by atomic mass is 32.2. The molecule has 30 heavy (non-hydrogen) atoms. The van der Waals surface area contributed by atoms with Gasteiger partial charge in [0.05, 0.1) is 30.2 Å². The molecule has 0 aliphatic carbocycles. The zero-order valence-electron chi connectivity index (χ0n) is 17.5. The second kappa shape index (κ2) is 9.73. The van der Waals surface area contributed by atoms with E-state index in [4.69, 9.17) is 14.2 Å². The first-order valence-corrected chi connectivity index (χ1v) is 10.6. The number of esters is 1. The fourth-order valence-corrected chi connectivity index (χ4v) is 3.97. The smallest absolute Gasteiger partial charge is 0.338 e. The van der Waals surface area contributed by atoms with Gasteiger partial charge in [0.2, 0.25) is 15.8 Å². The predicted octanol–water partition coefficient (Wildman–Crippen LogP) is 2.77. The second-order valence-electron chi connectivity index (χ2n) is 6.71. The molecule has 0 aliphatic heterocycles. The molecule has 2 rings (SSSR count). The summed E-state index contributed by atoms with van der Waals surface area (Å²) in [6, 6.07) is 9.96. The molecule has 162 valence electrons. The Morgan fingerprint density at radius 3 is 2.33 bits per heavy atom. The number of methoxy groups -OCH3 is 2. The summed E-state index contributed by atoms with van der Waals surface area (Å²) in [7, 11) is 0.594. The number of benzene rings is 2. The summed E-state index contributed by atoms with van der Waals surface area (Å²) in [5, 5.41) is 0. The quantitative estimate of drug-likeness (QED) is 0.441. The topological polar surface area (TPSA) is 99.2 Å². The number of rotatable bonds is 9. The molecule has 0 amide bonds. The van der Waals surface area contributed by atoms with E-state index in [1.54, 1.807) is 26.0 Å². The molecule has 0 heterocycles. The fourth-order valence-electron chi connectivity index (χ4n) is 2.55. The van der Waals surface area contributed by atoms with E-state index in [1.165, 1.54) is 55.9 Å². The fraction of sp³-hybridized carbons (Fsp3) is 0.333. The maximum absolute atomic E-state index is 12.6. The standard InChI is InChI=1S/C21H25NO7S/c1-14(2)22(3)30(25,26)17-8-6-7-15(11-17)21(24)29-13-19(23)18-12-16(27-4)9-10-20(18)28-5/h6-12,14H,13H2,1-5H3. The molecule has 0 fully saturated rings. The minimum absolute atomic E-state index is 0.0265. The van der Waals surface area contributed by atoms with Crippen LogP contribution in [-0.2, 0) is 14.8 Å². The van der Waals surface area contributed by atoms with Gasteiger partial charge in [-0.15, -0.1) is 0 Å². The Kier molecular flexibility index (Phi) is 7.58. The third-order valence-corrected chi connectivity index (χ3v) is 6.54. The normalized spacial score (nSPS) is 11.4. The minimum atomic E-state index is -3.76. The van der Waals surface area contributed by atoms with Crippen molar-refractivity contribution in [1.29, 1.82) is 0 Å². The van der Waals surface area contributed by atoms with Crippen LogP contribution in [0.5, 0.6) is 11.5 Å². The predicted molar refractivity (Wildman–Crippen MR) is 111 cm³/mol. The van der Waals surface area contributed by atoms with E-state index < -0.39 is 28.4 Å². The van der Waals surface area contributed by atoms with Gasteiger partial charge in [0.15, 0.2) is 6.61 Å². The van der Waals surface area contributed by atoms with Crippen LogP contribution in [0.25, 0.3) is 0 Å². The number of carbonyl (C=O) groups is 2. The lowest BCUT2D eigenvalue weighted by Gasteiger charge is -2.21. The van der Waals surface area contributed by atoms with Gasteiger partial charge in [-0.2, -0.15) is 4.31 Å². The van der Waals surface area contributed by atoms with Gasteiger partial charge in [-0.05, 0) is 50.2 Å². The van der Waals surface area contributed by atoms with Gasteiger partial charge in [0.1, 0.15) is 11.5 Å². The van der Waals surface area contributed by atoms with E-state index in [0.29, 0.717) is 11.5 Å². The van der Waals surface area contributed by atoms with E-state index >= 15 is 0 Å². The second-order valence-corrected chi connectivity index (χ2v) is 8.71. The third-order valence-electron chi connectivity index (χ3n) is 4.52. The van der Waals surface area contributed by atoms with Crippen molar-refractivity contribution in [2.24, 2.45) is 0 Å². The first kappa shape index (κ1) is 23.4. The Hall–Kier alpha value is -2.91. The number of hydrogen-bond acceptors (Lipinski definition) is 7. The third kappa shape index (κ3) is 5.17. The van der Waals surface area contributed by atoms with Gasteiger partial charge in [-0.3, -0.25) is 4.79 Å². The summed E-state index contributed by atoms with van der Waals surface area (Å²) in [4.78, 5) is 24.9. The first-order valence-electron chi connectivity index (χ1n) is 9.12. The molecule has 0 saturated heterocycles. The molecular formula is C21H25NO7S. The van der Waals surface area contributed by atoms with Gasteiger partial charge in [0, 0.05) is 13.1 Å². The highest BCUT2D eigenvalue weighted by molar-refractivity contribution is 7.89. The van der Waals surface area contributed by atoms with Gasteiger partial charge in [0.25, 0.3) is 0 Å². The number of nitrogens with zero attached hydrogens (tertiary/aromatic N) is 1. The Labute approximate surface area is 176 Å². The van der Waals surface area contributed by atoms with E-state index in [-0.39, 0.29) is 22.1 Å². The molecule has 0 spiro atoms. The summed E-state index contributed by atoms with van der Waals surface area (Å²) >= 11 is 0. The van der Waals surface area contributed by atoms with Crippen LogP contribution < -0.4 is 9.47 Å². The van der Waals surface area contributed by atoms with Gasteiger partial charge in [-0.1, -0.05) is 6.07 Å². The van der Waals surface area contributed by atoms with Crippen molar-refractivity contribution in [3.05, 3.63) is 53.6 Å². The molecule has 0 bridgehead atoms. The molecule has 2 aromatic rings. The lowest BCUT2D eigenvalue weighted by molar-refractivity contribution is 0.0473. The molecule has 8 nitrogen and oxygen atoms in total. The van der Waals surface area contributed by atoms with Gasteiger partial charge in [-0.25, -0.2) is 13.2 Å². The van der Waals surface area contributed by atoms with E-state index in [0.717, 1.165) is 0 Å². The van der Waals surface area contributed by atoms with Crippen molar-refractivity contribution in [2.45, 2.75) is 24.8 Å². The van der Waals surface area contributed by atoms with Crippen molar-refractivity contribution in [2.75, 3.05) is 27.9 Å². The van der Waals surface area contributed by atoms with Crippen molar-refractivity contribution in [3.63, 3.8) is 0 Å². The van der Waals surface area contributed by atoms with Crippen LogP contribution in [0.3, 0.4) is 0 Å². The average molecular weight is 435 g/mol. The maximum Gasteiger partial charge on any atom is 0.338 e. The van der Waals surface area contributed by atoms with Crippen LogP contribution in [0.2, 0.25) is 0 Å². The molecule has 2 aromatic carbocycles. The highest BCUT2D eigenvalue weighted by Crippen LogP contribution is 2.24. The van der Waals surface area contributed by atoms with Crippen LogP contribution in [-0.4, -0.2) is 58.4 Å². The van der Waals surface area contributed by atoms with E-state index in [2.05, 4.69) is 0 Å². The number of carbonyl (C=O) groups excluding carboxylic acids is 2. The summed E-state index contributed by atoms with van der Waals surface area (Å²) < 4.78 is 41.8. The van der Waals surface area contributed by atoms with Gasteiger partial charge >= 0.3 is 5.97 Å². The summed E-state index contributed by atoms with van der Waals surface area (Å²) in [6.45, 7) is 2.95. The Balaban J connectivity index is 2.17. The van der Waals surface area contributed by atoms with Crippen molar-refractivity contribution in [3.8, 4) is 11.5 Å². The van der Waals surface area contributed by atoms with E-state index in [9.17, 15) is 18.0 Å². The molecular weight excluding hydrogens is 410 g/mol. The maximum atomic E-state index is 12.6. The summed E-state index contributed by atoms with van der Waals surface area (Å²) in [6.07, 6.45) is 0. The van der Waals surface area contributed by atoms with Gasteiger partial charge < -0.3 is 14.2 Å². The number of Topliss-reactive ketones (excluding diaryl/α,β-unsaturated/α-hetero) is 1. The van der Waals surface area contributed by atoms with Crippen molar-refractivity contribution in [1.82, 2.24) is 4.31 Å². The molecule has 0 saturated carbocycles. The molecule has 9 heteroatoms. The number of ketones is 1. The molecule has 0 radical (unpaired) electrons. The first-order chi connectivity index (χ1) is 14.1. The molecule has 0 unspecified atom stereocenters. The Morgan fingerprint density at radius 1 is 1.03 bits per heavy atom. The lowest BCUT2D eigenvalue weighted by Crippen LogP contribution is -2.33. The lowest BCUT2D eigenvalue weighted by atomic mass is 10.1. The number of ether oxygens (including phenoxy) is 3. The van der Waals surface area contributed by atoms with Crippen molar-refractivity contribution >= 4 is 21.8 Å². The Bertz CT molecular complexity index is 1030. The van der Waals surface area contributed by atoms with E-state index in [1.807, 2.05) is 0 Å². The molecule has 0 atom stereocenters. The van der Waals surface area contributed by atoms with Crippen LogP contribution in [0, 0.1) is 0 Å². The van der Waals surface area contributed by atoms with Crippen molar-refractivity contribution < 1.29 is 32.2 Å². The van der Waals surface area contributed by atoms with Crippen LogP contribution in [0.4, 0.5) is 0 Å². The molecule has 0 aromatic heterocycles. The summed E-state index contributed by atoms with van der Waals surface area (Å²) in [5.74, 6) is -0.517. The molecule has 0 N–H and O–H groups in total. The minimum Gasteiger partial charge on any atom is -0.497 e. The SMILES string of the molecule is COc1ccc(OC)c(C(=O)COC(=O)c2cccc(S(=O)(=O)N(C)C(C)C)c2)c1. The highest BCUT2D eigenvalue weighted by Gasteiger charge is 2.24. The molecule has 0 aliphatic rings. The summed E-state index contributed by atoms with van der Waals surface area (Å²) in [5.41, 5.74) is 0.234. The largest absolute Gasteiger partial charge is 0.497 e. The van der Waals surface area contributed by atoms with Crippen LogP contribution in [0.1, 0.15) is 34.6 Å².